The second kappa shape index (κ2) is 6.67. The summed E-state index contributed by atoms with van der Waals surface area (Å²) in [6, 6.07) is 1.56. The lowest BCUT2D eigenvalue weighted by atomic mass is 10.1. The van der Waals surface area contributed by atoms with Crippen LogP contribution in [0.2, 0.25) is 0 Å². The van der Waals surface area contributed by atoms with Gasteiger partial charge in [-0.05, 0) is 37.8 Å². The summed E-state index contributed by atoms with van der Waals surface area (Å²) < 4.78 is 58.8. The number of sulfonamides is 1. The van der Waals surface area contributed by atoms with Gasteiger partial charge in [0.15, 0.2) is 4.90 Å². The van der Waals surface area contributed by atoms with Crippen molar-refractivity contribution in [2.45, 2.75) is 36.7 Å². The molecule has 21 heavy (non-hydrogen) atoms. The van der Waals surface area contributed by atoms with E-state index >= 15 is 0 Å². The van der Waals surface area contributed by atoms with Gasteiger partial charge in [0, 0.05) is 18.8 Å². The van der Waals surface area contributed by atoms with Crippen molar-refractivity contribution in [3.63, 3.8) is 0 Å². The van der Waals surface area contributed by atoms with Gasteiger partial charge >= 0.3 is 0 Å². The Bertz CT molecular complexity index is 578. The molecular formula is C13H18F2N2O3S. The average Bonchev–Trinajstić information content (AvgIpc) is 2.38. The van der Waals surface area contributed by atoms with Crippen molar-refractivity contribution in [1.29, 1.82) is 0 Å². The number of nitrogen functional groups attached to an aromatic ring is 1. The zero-order valence-corrected chi connectivity index (χ0v) is 12.3. The molecule has 118 valence electrons. The highest BCUT2D eigenvalue weighted by atomic mass is 32.2. The first-order valence-electron chi connectivity index (χ1n) is 6.76. The van der Waals surface area contributed by atoms with E-state index in [1.54, 1.807) is 0 Å². The van der Waals surface area contributed by atoms with Crippen LogP contribution in [0, 0.1) is 11.6 Å². The molecule has 5 nitrogen and oxygen atoms in total. The number of benzene rings is 1. The van der Waals surface area contributed by atoms with Gasteiger partial charge in [-0.15, -0.1) is 0 Å². The molecule has 0 aliphatic carbocycles. The van der Waals surface area contributed by atoms with Crippen LogP contribution in [0.4, 0.5) is 14.5 Å². The summed E-state index contributed by atoms with van der Waals surface area (Å²) in [6.07, 6.45) is 3.37. The number of anilines is 1. The minimum atomic E-state index is -4.25. The number of ether oxygens (including phenoxy) is 1. The topological polar surface area (TPSA) is 81.4 Å². The average molecular weight is 320 g/mol. The van der Waals surface area contributed by atoms with Crippen LogP contribution in [0.3, 0.4) is 0 Å². The fraction of sp³-hybridized carbons (Fsp3) is 0.538. The Morgan fingerprint density at radius 1 is 1.29 bits per heavy atom. The summed E-state index contributed by atoms with van der Waals surface area (Å²) in [5.41, 5.74) is 5.09. The van der Waals surface area contributed by atoms with Crippen molar-refractivity contribution in [1.82, 2.24) is 4.72 Å². The molecule has 1 fully saturated rings. The molecule has 1 aliphatic rings. The van der Waals surface area contributed by atoms with E-state index in [1.165, 1.54) is 0 Å². The monoisotopic (exact) mass is 320 g/mol. The number of nitrogens with two attached hydrogens (primary N) is 1. The van der Waals surface area contributed by atoms with E-state index < -0.39 is 26.6 Å². The van der Waals surface area contributed by atoms with Gasteiger partial charge in [0.05, 0.1) is 6.10 Å². The third-order valence-corrected chi connectivity index (χ3v) is 4.83. The van der Waals surface area contributed by atoms with Crippen LogP contribution in [0.25, 0.3) is 0 Å². The van der Waals surface area contributed by atoms with Crippen LogP contribution in [-0.2, 0) is 14.8 Å². The van der Waals surface area contributed by atoms with Crippen molar-refractivity contribution < 1.29 is 21.9 Å². The maximum Gasteiger partial charge on any atom is 0.246 e. The molecule has 0 radical (unpaired) electrons. The fourth-order valence-electron chi connectivity index (χ4n) is 2.30. The fourth-order valence-corrected chi connectivity index (χ4v) is 3.46. The van der Waals surface area contributed by atoms with E-state index in [0.717, 1.165) is 31.4 Å². The summed E-state index contributed by atoms with van der Waals surface area (Å²) in [5.74, 6) is -2.40. The zero-order chi connectivity index (χ0) is 15.5. The van der Waals surface area contributed by atoms with Crippen molar-refractivity contribution in [2.75, 3.05) is 18.9 Å². The summed E-state index contributed by atoms with van der Waals surface area (Å²) in [5, 5.41) is 0. The molecule has 0 saturated carbocycles. The molecule has 1 saturated heterocycles. The van der Waals surface area contributed by atoms with Gasteiger partial charge in [-0.1, -0.05) is 0 Å². The third-order valence-electron chi connectivity index (χ3n) is 3.32. The van der Waals surface area contributed by atoms with E-state index in [2.05, 4.69) is 4.72 Å². The Labute approximate surface area is 122 Å². The second-order valence-electron chi connectivity index (χ2n) is 4.99. The number of nitrogens with one attached hydrogen (secondary N) is 1. The van der Waals surface area contributed by atoms with Crippen molar-refractivity contribution >= 4 is 15.7 Å². The van der Waals surface area contributed by atoms with Gasteiger partial charge in [-0.3, -0.25) is 0 Å². The van der Waals surface area contributed by atoms with E-state index in [0.29, 0.717) is 13.0 Å². The SMILES string of the molecule is Nc1cc(F)c(S(=O)(=O)NCCC2CCCCO2)c(F)c1. The quantitative estimate of drug-likeness (QED) is 0.810. The maximum absolute atomic E-state index is 13.6. The zero-order valence-electron chi connectivity index (χ0n) is 11.4. The molecule has 0 spiro atoms. The molecule has 8 heteroatoms. The normalized spacial score (nSPS) is 19.6. The van der Waals surface area contributed by atoms with Gasteiger partial charge in [-0.2, -0.15) is 0 Å². The van der Waals surface area contributed by atoms with E-state index in [1.807, 2.05) is 0 Å². The van der Waals surface area contributed by atoms with Crippen LogP contribution in [0.1, 0.15) is 25.7 Å². The molecule has 1 aliphatic heterocycles. The van der Waals surface area contributed by atoms with E-state index in [9.17, 15) is 17.2 Å². The molecular weight excluding hydrogens is 302 g/mol. The Kier molecular flexibility index (Phi) is 5.13. The summed E-state index contributed by atoms with van der Waals surface area (Å²) in [7, 11) is -4.25. The predicted molar refractivity (Wildman–Crippen MR) is 74.2 cm³/mol. The highest BCUT2D eigenvalue weighted by molar-refractivity contribution is 7.89. The molecule has 1 unspecified atom stereocenters. The van der Waals surface area contributed by atoms with Crippen LogP contribution in [0.5, 0.6) is 0 Å². The number of rotatable bonds is 5. The maximum atomic E-state index is 13.6. The number of hydrogen-bond donors (Lipinski definition) is 2. The standard InChI is InChI=1S/C13H18F2N2O3S/c14-11-7-9(16)8-12(15)13(11)21(18,19)17-5-4-10-3-1-2-6-20-10/h7-8,10,17H,1-6,16H2. The smallest absolute Gasteiger partial charge is 0.246 e. The summed E-state index contributed by atoms with van der Waals surface area (Å²) in [6.45, 7) is 0.731. The molecule has 0 amide bonds. The molecule has 1 atom stereocenters. The molecule has 3 N–H and O–H groups in total. The lowest BCUT2D eigenvalue weighted by Crippen LogP contribution is -2.30. The lowest BCUT2D eigenvalue weighted by Gasteiger charge is -2.22. The van der Waals surface area contributed by atoms with Crippen LogP contribution < -0.4 is 10.5 Å². The Morgan fingerprint density at radius 2 is 1.95 bits per heavy atom. The van der Waals surface area contributed by atoms with Crippen LogP contribution in [-0.4, -0.2) is 27.7 Å². The Morgan fingerprint density at radius 3 is 2.52 bits per heavy atom. The summed E-state index contributed by atoms with van der Waals surface area (Å²) >= 11 is 0. The van der Waals surface area contributed by atoms with Crippen molar-refractivity contribution in [3.05, 3.63) is 23.8 Å². The Balaban J connectivity index is 2.01. The largest absolute Gasteiger partial charge is 0.399 e. The van der Waals surface area contributed by atoms with Crippen LogP contribution >= 0.6 is 0 Å². The first-order chi connectivity index (χ1) is 9.90. The number of hydrogen-bond acceptors (Lipinski definition) is 4. The molecule has 0 bridgehead atoms. The van der Waals surface area contributed by atoms with Crippen molar-refractivity contribution in [3.8, 4) is 0 Å². The molecule has 0 aromatic heterocycles. The van der Waals surface area contributed by atoms with Gasteiger partial charge < -0.3 is 10.5 Å². The lowest BCUT2D eigenvalue weighted by molar-refractivity contribution is 0.0123. The Hall–Kier alpha value is -1.25. The minimum Gasteiger partial charge on any atom is -0.399 e. The van der Waals surface area contributed by atoms with Gasteiger partial charge in [0.2, 0.25) is 10.0 Å². The van der Waals surface area contributed by atoms with E-state index in [-0.39, 0.29) is 18.3 Å². The van der Waals surface area contributed by atoms with E-state index in [4.69, 9.17) is 10.5 Å². The molecule has 1 aromatic rings. The molecule has 2 rings (SSSR count). The molecule has 1 aromatic carbocycles. The minimum absolute atomic E-state index is 0.0115. The second-order valence-corrected chi connectivity index (χ2v) is 6.69. The third kappa shape index (κ3) is 4.12. The number of halogens is 2. The predicted octanol–water partition coefficient (Wildman–Crippen LogP) is 1.78. The first-order valence-corrected chi connectivity index (χ1v) is 8.24. The summed E-state index contributed by atoms with van der Waals surface area (Å²) in [4.78, 5) is -0.999. The highest BCUT2D eigenvalue weighted by Crippen LogP contribution is 2.22. The molecule has 1 heterocycles. The van der Waals surface area contributed by atoms with Gasteiger partial charge in [-0.25, -0.2) is 21.9 Å². The highest BCUT2D eigenvalue weighted by Gasteiger charge is 2.25. The van der Waals surface area contributed by atoms with Crippen molar-refractivity contribution in [2.24, 2.45) is 0 Å². The van der Waals surface area contributed by atoms with Gasteiger partial charge in [0.25, 0.3) is 0 Å². The van der Waals surface area contributed by atoms with Crippen LogP contribution in [0.15, 0.2) is 17.0 Å². The van der Waals surface area contributed by atoms with Gasteiger partial charge in [0.1, 0.15) is 11.6 Å². The first kappa shape index (κ1) is 16.1.